The molecule has 0 saturated carbocycles. The lowest BCUT2D eigenvalue weighted by molar-refractivity contribution is 0.0637. The van der Waals surface area contributed by atoms with Gasteiger partial charge in [-0.15, -0.1) is 12.4 Å². The molecule has 24 heavy (non-hydrogen) atoms. The number of hydrogen-bond donors (Lipinski definition) is 1. The van der Waals surface area contributed by atoms with E-state index in [0.717, 1.165) is 32.4 Å². The second-order valence-corrected chi connectivity index (χ2v) is 5.67. The Labute approximate surface area is 148 Å². The Morgan fingerprint density at radius 1 is 1.25 bits per heavy atom. The predicted octanol–water partition coefficient (Wildman–Crippen LogP) is 2.87. The van der Waals surface area contributed by atoms with Crippen LogP contribution in [0.1, 0.15) is 36.5 Å². The summed E-state index contributed by atoms with van der Waals surface area (Å²) in [5, 5.41) is 3.29. The maximum atomic E-state index is 14.4. The molecule has 0 aliphatic carbocycles. The van der Waals surface area contributed by atoms with Gasteiger partial charge in [-0.05, 0) is 38.4 Å². The number of rotatable bonds is 6. The molecule has 1 aromatic rings. The molecule has 0 atom stereocenters. The van der Waals surface area contributed by atoms with Crippen LogP contribution in [-0.4, -0.2) is 50.7 Å². The van der Waals surface area contributed by atoms with Crippen molar-refractivity contribution in [3.05, 3.63) is 23.5 Å². The summed E-state index contributed by atoms with van der Waals surface area (Å²) in [6, 6.07) is 2.79. The summed E-state index contributed by atoms with van der Waals surface area (Å²) >= 11 is 0. The zero-order valence-corrected chi connectivity index (χ0v) is 15.2. The summed E-state index contributed by atoms with van der Waals surface area (Å²) in [7, 11) is 2.91. The number of benzene rings is 1. The first-order valence-corrected chi connectivity index (χ1v) is 8.05. The van der Waals surface area contributed by atoms with Crippen LogP contribution in [0.2, 0.25) is 0 Å². The molecule has 1 fully saturated rings. The minimum atomic E-state index is -0.581. The zero-order valence-electron chi connectivity index (χ0n) is 14.4. The number of ether oxygens (including phenoxy) is 2. The fourth-order valence-electron chi connectivity index (χ4n) is 2.98. The van der Waals surface area contributed by atoms with E-state index in [9.17, 15) is 9.18 Å². The Morgan fingerprint density at radius 3 is 2.38 bits per heavy atom. The van der Waals surface area contributed by atoms with E-state index in [1.54, 1.807) is 4.90 Å². The average molecular weight is 361 g/mol. The van der Waals surface area contributed by atoms with E-state index in [4.69, 9.17) is 9.47 Å². The minimum Gasteiger partial charge on any atom is -0.493 e. The maximum Gasteiger partial charge on any atom is 0.257 e. The van der Waals surface area contributed by atoms with Crippen LogP contribution in [-0.2, 0) is 0 Å². The molecular weight excluding hydrogens is 335 g/mol. The first-order valence-electron chi connectivity index (χ1n) is 8.05. The number of hydrogen-bond acceptors (Lipinski definition) is 4. The van der Waals surface area contributed by atoms with Crippen LogP contribution < -0.4 is 14.8 Å². The Morgan fingerprint density at radius 2 is 1.83 bits per heavy atom. The van der Waals surface area contributed by atoms with Crippen LogP contribution in [0.25, 0.3) is 0 Å². The van der Waals surface area contributed by atoms with Crippen molar-refractivity contribution in [2.75, 3.05) is 33.9 Å². The molecule has 1 amide bonds. The van der Waals surface area contributed by atoms with Crippen LogP contribution in [0.15, 0.2) is 12.1 Å². The number of piperidine rings is 1. The molecule has 2 rings (SSSR count). The lowest BCUT2D eigenvalue weighted by Gasteiger charge is -2.34. The van der Waals surface area contributed by atoms with Gasteiger partial charge in [0.1, 0.15) is 5.82 Å². The lowest BCUT2D eigenvalue weighted by Crippen LogP contribution is -2.46. The molecule has 1 aromatic carbocycles. The van der Waals surface area contributed by atoms with E-state index in [1.807, 2.05) is 6.92 Å². The number of methoxy groups -OCH3 is 2. The third kappa shape index (κ3) is 4.51. The average Bonchev–Trinajstić information content (AvgIpc) is 2.59. The first-order chi connectivity index (χ1) is 11.1. The summed E-state index contributed by atoms with van der Waals surface area (Å²) in [6.07, 6.45) is 2.62. The molecule has 1 N–H and O–H groups in total. The van der Waals surface area contributed by atoms with Crippen LogP contribution in [0.4, 0.5) is 4.39 Å². The third-order valence-corrected chi connectivity index (χ3v) is 4.18. The third-order valence-electron chi connectivity index (χ3n) is 4.18. The monoisotopic (exact) mass is 360 g/mol. The van der Waals surface area contributed by atoms with Crippen molar-refractivity contribution < 1.29 is 18.7 Å². The van der Waals surface area contributed by atoms with Crippen LogP contribution in [0.5, 0.6) is 11.5 Å². The fraction of sp³-hybridized carbons (Fsp3) is 0.588. The van der Waals surface area contributed by atoms with Crippen molar-refractivity contribution in [1.82, 2.24) is 10.2 Å². The van der Waals surface area contributed by atoms with Crippen LogP contribution in [0.3, 0.4) is 0 Å². The number of carbonyl (C=O) groups excluding carboxylic acids is 1. The van der Waals surface area contributed by atoms with Gasteiger partial charge in [0.15, 0.2) is 11.5 Å². The largest absolute Gasteiger partial charge is 0.493 e. The van der Waals surface area contributed by atoms with E-state index in [2.05, 4.69) is 5.32 Å². The second-order valence-electron chi connectivity index (χ2n) is 5.67. The van der Waals surface area contributed by atoms with Gasteiger partial charge in [-0.1, -0.05) is 6.92 Å². The molecule has 7 heteroatoms. The van der Waals surface area contributed by atoms with Gasteiger partial charge in [-0.25, -0.2) is 4.39 Å². The van der Waals surface area contributed by atoms with Gasteiger partial charge in [-0.2, -0.15) is 0 Å². The summed E-state index contributed by atoms with van der Waals surface area (Å²) < 4.78 is 24.6. The number of nitrogens with one attached hydrogen (secondary N) is 1. The molecule has 0 radical (unpaired) electrons. The van der Waals surface area contributed by atoms with Gasteiger partial charge in [0.25, 0.3) is 5.91 Å². The van der Waals surface area contributed by atoms with E-state index in [-0.39, 0.29) is 35.7 Å². The predicted molar refractivity (Wildman–Crippen MR) is 94.0 cm³/mol. The van der Waals surface area contributed by atoms with Crippen molar-refractivity contribution in [2.45, 2.75) is 32.2 Å². The smallest absolute Gasteiger partial charge is 0.257 e. The Balaban J connectivity index is 0.00000288. The van der Waals surface area contributed by atoms with Gasteiger partial charge in [0.05, 0.1) is 19.8 Å². The quantitative estimate of drug-likeness (QED) is 0.847. The number of nitrogens with zero attached hydrogens (tertiary/aromatic N) is 1. The highest BCUT2D eigenvalue weighted by Gasteiger charge is 2.28. The summed E-state index contributed by atoms with van der Waals surface area (Å²) in [4.78, 5) is 14.7. The van der Waals surface area contributed by atoms with E-state index >= 15 is 0 Å². The molecule has 5 nitrogen and oxygen atoms in total. The number of halogens is 2. The molecule has 1 heterocycles. The van der Waals surface area contributed by atoms with Crippen molar-refractivity contribution in [3.8, 4) is 11.5 Å². The number of amides is 1. The summed E-state index contributed by atoms with van der Waals surface area (Å²) in [6.45, 7) is 4.41. The van der Waals surface area contributed by atoms with Crippen molar-refractivity contribution in [3.63, 3.8) is 0 Å². The molecule has 0 bridgehead atoms. The van der Waals surface area contributed by atoms with Crippen molar-refractivity contribution >= 4 is 18.3 Å². The van der Waals surface area contributed by atoms with Crippen molar-refractivity contribution in [2.24, 2.45) is 0 Å². The van der Waals surface area contributed by atoms with Crippen LogP contribution in [0, 0.1) is 5.82 Å². The highest BCUT2D eigenvalue weighted by Crippen LogP contribution is 2.31. The van der Waals surface area contributed by atoms with Gasteiger partial charge < -0.3 is 19.7 Å². The standard InChI is InChI=1S/C17H25FN2O3.ClH/c1-4-9-20(12-5-7-19-8-6-12)17(21)13-10-15(22-2)16(23-3)11-14(13)18;/h10-12,19H,4-9H2,1-3H3;1H. The fourth-order valence-corrected chi connectivity index (χ4v) is 2.98. The molecule has 1 aliphatic heterocycles. The van der Waals surface area contributed by atoms with Crippen LogP contribution >= 0.6 is 12.4 Å². The molecule has 0 aromatic heterocycles. The SMILES string of the molecule is CCCN(C(=O)c1cc(OC)c(OC)cc1F)C1CCNCC1.Cl. The minimum absolute atomic E-state index is 0. The summed E-state index contributed by atoms with van der Waals surface area (Å²) in [5.74, 6) is -0.218. The van der Waals surface area contributed by atoms with E-state index < -0.39 is 5.82 Å². The highest BCUT2D eigenvalue weighted by atomic mass is 35.5. The molecule has 136 valence electrons. The lowest BCUT2D eigenvalue weighted by atomic mass is 10.0. The number of carbonyl (C=O) groups is 1. The van der Waals surface area contributed by atoms with Gasteiger partial charge in [-0.3, -0.25) is 4.79 Å². The molecule has 1 aliphatic rings. The topological polar surface area (TPSA) is 50.8 Å². The molecule has 1 saturated heterocycles. The van der Waals surface area contributed by atoms with Gasteiger partial charge >= 0.3 is 0 Å². The molecular formula is C17H26ClFN2O3. The van der Waals surface area contributed by atoms with Gasteiger partial charge in [0.2, 0.25) is 0 Å². The normalized spacial score (nSPS) is 14.7. The molecule has 0 spiro atoms. The van der Waals surface area contributed by atoms with E-state index in [1.165, 1.54) is 26.4 Å². The van der Waals surface area contributed by atoms with E-state index in [0.29, 0.717) is 12.3 Å². The zero-order chi connectivity index (χ0) is 16.8. The van der Waals surface area contributed by atoms with Crippen molar-refractivity contribution in [1.29, 1.82) is 0 Å². The Kier molecular flexibility index (Phi) is 8.28. The summed E-state index contributed by atoms with van der Waals surface area (Å²) in [5.41, 5.74) is 0.0367. The first kappa shape index (κ1) is 20.5. The van der Waals surface area contributed by atoms with Gasteiger partial charge in [0, 0.05) is 18.7 Å². The second kappa shape index (κ2) is 9.69. The Hall–Kier alpha value is -1.53. The maximum absolute atomic E-state index is 14.4. The Bertz CT molecular complexity index is 551. The highest BCUT2D eigenvalue weighted by molar-refractivity contribution is 5.95. The molecule has 0 unspecified atom stereocenters.